The minimum atomic E-state index is -3.97. The number of piperidine rings is 1. The summed E-state index contributed by atoms with van der Waals surface area (Å²) in [5.74, 6) is 0.310. The Morgan fingerprint density at radius 3 is 2.24 bits per heavy atom. The molecular weight excluding hydrogens is 350 g/mol. The third kappa shape index (κ3) is 4.07. The highest BCUT2D eigenvalue weighted by molar-refractivity contribution is 7.90. The molecule has 25 heavy (non-hydrogen) atoms. The molecule has 1 aromatic rings. The van der Waals surface area contributed by atoms with E-state index < -0.39 is 22.2 Å². The molecule has 1 aromatic carbocycles. The maximum absolute atomic E-state index is 12.7. The number of methoxy groups -OCH3 is 3. The number of hydrogen-bond acceptors (Lipinski definition) is 6. The van der Waals surface area contributed by atoms with Gasteiger partial charge in [0.1, 0.15) is 6.04 Å². The molecule has 0 bridgehead atoms. The van der Waals surface area contributed by atoms with E-state index in [1.54, 1.807) is 0 Å². The monoisotopic (exact) mass is 373 g/mol. The fourth-order valence-electron chi connectivity index (χ4n) is 2.82. The van der Waals surface area contributed by atoms with Gasteiger partial charge in [-0.05, 0) is 12.8 Å². The van der Waals surface area contributed by atoms with Crippen molar-refractivity contribution in [1.29, 1.82) is 0 Å². The third-order valence-corrected chi connectivity index (χ3v) is 5.55. The number of carbonyl (C=O) groups excluding carboxylic acids is 1. The van der Waals surface area contributed by atoms with E-state index in [2.05, 4.69) is 4.72 Å². The molecule has 9 nitrogen and oxygen atoms in total. The molecule has 1 saturated heterocycles. The van der Waals surface area contributed by atoms with Gasteiger partial charge in [-0.2, -0.15) is 12.7 Å². The molecule has 0 aromatic heterocycles. The fourth-order valence-corrected chi connectivity index (χ4v) is 4.27. The second-order valence-electron chi connectivity index (χ2n) is 5.55. The van der Waals surface area contributed by atoms with Crippen LogP contribution in [0.15, 0.2) is 12.1 Å². The van der Waals surface area contributed by atoms with Crippen LogP contribution in [-0.2, 0) is 15.0 Å². The topological polar surface area (TPSA) is 120 Å². The van der Waals surface area contributed by atoms with Gasteiger partial charge in [-0.3, -0.25) is 9.52 Å². The summed E-state index contributed by atoms with van der Waals surface area (Å²) < 4.78 is 44.6. The lowest BCUT2D eigenvalue weighted by Gasteiger charge is -2.32. The van der Waals surface area contributed by atoms with Gasteiger partial charge in [-0.1, -0.05) is 6.42 Å². The maximum atomic E-state index is 12.7. The molecule has 0 saturated carbocycles. The van der Waals surface area contributed by atoms with Gasteiger partial charge < -0.3 is 19.9 Å². The van der Waals surface area contributed by atoms with Crippen molar-refractivity contribution in [3.05, 3.63) is 12.1 Å². The first-order valence-electron chi connectivity index (χ1n) is 7.73. The molecule has 3 N–H and O–H groups in total. The zero-order valence-electron chi connectivity index (χ0n) is 14.4. The van der Waals surface area contributed by atoms with Crippen LogP contribution in [0.2, 0.25) is 0 Å². The van der Waals surface area contributed by atoms with Gasteiger partial charge in [0.05, 0.1) is 27.0 Å². The number of anilines is 1. The summed E-state index contributed by atoms with van der Waals surface area (Å²) in [6.07, 6.45) is 1.83. The van der Waals surface area contributed by atoms with E-state index >= 15 is 0 Å². The Bertz CT molecular complexity index is 712. The molecule has 1 amide bonds. The van der Waals surface area contributed by atoms with Crippen LogP contribution in [0.1, 0.15) is 19.3 Å². The normalized spacial score (nSPS) is 18.4. The van der Waals surface area contributed by atoms with Crippen molar-refractivity contribution in [1.82, 2.24) is 4.31 Å². The standard InChI is InChI=1S/C15H23N3O6S/c1-22-12-8-10(9-13(23-2)14(12)24-3)17-25(20,21)18-7-5-4-6-11(18)15(16)19/h8-9,11,17H,4-7H2,1-3H3,(H2,16,19). The smallest absolute Gasteiger partial charge is 0.302 e. The molecule has 1 unspecified atom stereocenters. The van der Waals surface area contributed by atoms with Crippen molar-refractivity contribution in [2.24, 2.45) is 5.73 Å². The first-order valence-corrected chi connectivity index (χ1v) is 9.17. The summed E-state index contributed by atoms with van der Waals surface area (Å²) in [5.41, 5.74) is 5.57. The summed E-state index contributed by atoms with van der Waals surface area (Å²) in [7, 11) is 0.352. The number of nitrogens with zero attached hydrogens (tertiary/aromatic N) is 1. The summed E-state index contributed by atoms with van der Waals surface area (Å²) >= 11 is 0. The van der Waals surface area contributed by atoms with Crippen molar-refractivity contribution in [2.45, 2.75) is 25.3 Å². The second-order valence-corrected chi connectivity index (χ2v) is 7.17. The van der Waals surface area contributed by atoms with Crippen LogP contribution in [0, 0.1) is 0 Å². The number of amides is 1. The molecule has 1 aliphatic rings. The van der Waals surface area contributed by atoms with E-state index in [-0.39, 0.29) is 12.2 Å². The van der Waals surface area contributed by atoms with Gasteiger partial charge in [0.2, 0.25) is 11.7 Å². The van der Waals surface area contributed by atoms with Gasteiger partial charge in [0, 0.05) is 18.7 Å². The molecule has 140 valence electrons. The first kappa shape index (κ1) is 19.1. The lowest BCUT2D eigenvalue weighted by molar-refractivity contribution is -0.122. The largest absolute Gasteiger partial charge is 0.493 e. The van der Waals surface area contributed by atoms with Crippen LogP contribution in [-0.4, -0.2) is 52.5 Å². The van der Waals surface area contributed by atoms with Gasteiger partial charge in [0.25, 0.3) is 0 Å². The van der Waals surface area contributed by atoms with Crippen LogP contribution in [0.4, 0.5) is 5.69 Å². The molecular formula is C15H23N3O6S. The Balaban J connectivity index is 2.35. The van der Waals surface area contributed by atoms with Crippen LogP contribution in [0.25, 0.3) is 0 Å². The molecule has 0 radical (unpaired) electrons. The highest BCUT2D eigenvalue weighted by Crippen LogP contribution is 2.40. The highest BCUT2D eigenvalue weighted by Gasteiger charge is 2.35. The van der Waals surface area contributed by atoms with Gasteiger partial charge in [-0.15, -0.1) is 0 Å². The predicted octanol–water partition coefficient (Wildman–Crippen LogP) is 0.709. The molecule has 1 heterocycles. The third-order valence-electron chi connectivity index (χ3n) is 4.00. The minimum absolute atomic E-state index is 0.225. The molecule has 0 aliphatic carbocycles. The highest BCUT2D eigenvalue weighted by atomic mass is 32.2. The Morgan fingerprint density at radius 2 is 1.76 bits per heavy atom. The number of benzene rings is 1. The van der Waals surface area contributed by atoms with E-state index in [9.17, 15) is 13.2 Å². The quantitative estimate of drug-likeness (QED) is 0.726. The number of nitrogens with one attached hydrogen (secondary N) is 1. The Morgan fingerprint density at radius 1 is 1.16 bits per heavy atom. The summed E-state index contributed by atoms with van der Waals surface area (Å²) in [6, 6.07) is 2.10. The Hall–Kier alpha value is -2.20. The lowest BCUT2D eigenvalue weighted by atomic mass is 10.0. The van der Waals surface area contributed by atoms with Crippen molar-refractivity contribution in [3.63, 3.8) is 0 Å². The average molecular weight is 373 g/mol. The summed E-state index contributed by atoms with van der Waals surface area (Å²) in [5, 5.41) is 0. The van der Waals surface area contributed by atoms with E-state index in [0.717, 1.165) is 10.7 Å². The van der Waals surface area contributed by atoms with Crippen molar-refractivity contribution in [2.75, 3.05) is 32.6 Å². The molecule has 10 heteroatoms. The molecule has 0 spiro atoms. The fraction of sp³-hybridized carbons (Fsp3) is 0.533. The van der Waals surface area contributed by atoms with E-state index in [1.807, 2.05) is 0 Å². The molecule has 1 aliphatic heterocycles. The molecule has 1 fully saturated rings. The summed E-state index contributed by atoms with van der Waals surface area (Å²) in [6.45, 7) is 0.230. The van der Waals surface area contributed by atoms with Crippen LogP contribution < -0.4 is 24.7 Å². The first-order chi connectivity index (χ1) is 11.8. The number of ether oxygens (including phenoxy) is 3. The number of rotatable bonds is 7. The van der Waals surface area contributed by atoms with E-state index in [4.69, 9.17) is 19.9 Å². The van der Waals surface area contributed by atoms with Gasteiger partial charge >= 0.3 is 10.2 Å². The number of primary amides is 1. The van der Waals surface area contributed by atoms with E-state index in [1.165, 1.54) is 33.5 Å². The number of nitrogens with two attached hydrogens (primary N) is 1. The Labute approximate surface area is 147 Å². The van der Waals surface area contributed by atoms with Crippen molar-refractivity contribution in [3.8, 4) is 17.2 Å². The number of hydrogen-bond donors (Lipinski definition) is 2. The summed E-state index contributed by atoms with van der Waals surface area (Å²) in [4.78, 5) is 11.6. The van der Waals surface area contributed by atoms with Crippen molar-refractivity contribution >= 4 is 21.8 Å². The minimum Gasteiger partial charge on any atom is -0.493 e. The van der Waals surface area contributed by atoms with Crippen LogP contribution in [0.3, 0.4) is 0 Å². The van der Waals surface area contributed by atoms with Crippen molar-refractivity contribution < 1.29 is 27.4 Å². The predicted molar refractivity (Wildman–Crippen MR) is 92.2 cm³/mol. The second kappa shape index (κ2) is 7.79. The van der Waals surface area contributed by atoms with Crippen LogP contribution >= 0.6 is 0 Å². The molecule has 2 rings (SSSR count). The average Bonchev–Trinajstić information content (AvgIpc) is 2.60. The van der Waals surface area contributed by atoms with Gasteiger partial charge in [-0.25, -0.2) is 0 Å². The number of carbonyl (C=O) groups is 1. The maximum Gasteiger partial charge on any atom is 0.302 e. The van der Waals surface area contributed by atoms with E-state index in [0.29, 0.717) is 30.1 Å². The van der Waals surface area contributed by atoms with Gasteiger partial charge in [0.15, 0.2) is 11.5 Å². The lowest BCUT2D eigenvalue weighted by Crippen LogP contribution is -2.52. The zero-order chi connectivity index (χ0) is 18.6. The zero-order valence-corrected chi connectivity index (χ0v) is 15.3. The Kier molecular flexibility index (Phi) is 5.96. The molecule has 1 atom stereocenters. The van der Waals surface area contributed by atoms with Crippen LogP contribution in [0.5, 0.6) is 17.2 Å². The SMILES string of the molecule is COc1cc(NS(=O)(=O)N2CCCCC2C(N)=O)cc(OC)c1OC.